The van der Waals surface area contributed by atoms with Gasteiger partial charge in [0.1, 0.15) is 0 Å². The Kier molecular flexibility index (Phi) is 2.90. The number of aromatic nitrogens is 2. The van der Waals surface area contributed by atoms with Crippen LogP contribution in [0.5, 0.6) is 0 Å². The smallest absolute Gasteiger partial charge is 0.303 e. The number of nitrogens with zero attached hydrogens (tertiary/aromatic N) is 2. The van der Waals surface area contributed by atoms with Crippen molar-refractivity contribution in [1.29, 1.82) is 0 Å². The van der Waals surface area contributed by atoms with Crippen LogP contribution in [0.3, 0.4) is 0 Å². The first kappa shape index (κ1) is 10.7. The Bertz CT molecular complexity index is 517. The zero-order valence-corrected chi connectivity index (χ0v) is 9.18. The van der Waals surface area contributed by atoms with E-state index < -0.39 is 5.97 Å². The molecule has 0 amide bonds. The minimum absolute atomic E-state index is 0.227. The van der Waals surface area contributed by atoms with E-state index in [1.165, 1.54) is 5.56 Å². The van der Waals surface area contributed by atoms with Crippen LogP contribution < -0.4 is 0 Å². The Hall–Kier alpha value is -1.84. The van der Waals surface area contributed by atoms with Crippen molar-refractivity contribution in [1.82, 2.24) is 9.78 Å². The third kappa shape index (κ3) is 2.21. The largest absolute Gasteiger partial charge is 0.481 e. The summed E-state index contributed by atoms with van der Waals surface area (Å²) in [5.41, 5.74) is 2.27. The van der Waals surface area contributed by atoms with Crippen LogP contribution in [0.4, 0.5) is 0 Å². The fraction of sp³-hybridized carbons (Fsp3) is 0.333. The number of carboxylic acids is 1. The minimum atomic E-state index is -0.734. The Morgan fingerprint density at radius 2 is 2.31 bits per heavy atom. The van der Waals surface area contributed by atoms with E-state index in [4.69, 9.17) is 5.11 Å². The van der Waals surface area contributed by atoms with Crippen LogP contribution in [-0.2, 0) is 18.3 Å². The maximum absolute atomic E-state index is 10.4. The number of carboxylic acid groups (broad SMARTS) is 1. The number of rotatable bonds is 4. The van der Waals surface area contributed by atoms with Gasteiger partial charge < -0.3 is 5.11 Å². The summed E-state index contributed by atoms with van der Waals surface area (Å²) in [6.07, 6.45) is 3.54. The van der Waals surface area contributed by atoms with Gasteiger partial charge in [-0.15, -0.1) is 0 Å². The van der Waals surface area contributed by atoms with E-state index in [-0.39, 0.29) is 6.42 Å². The monoisotopic (exact) mass is 218 g/mol. The summed E-state index contributed by atoms with van der Waals surface area (Å²) < 4.78 is 1.83. The quantitative estimate of drug-likeness (QED) is 0.853. The Morgan fingerprint density at radius 1 is 1.50 bits per heavy atom. The van der Waals surface area contributed by atoms with Crippen LogP contribution in [0.25, 0.3) is 10.9 Å². The van der Waals surface area contributed by atoms with Gasteiger partial charge in [-0.25, -0.2) is 0 Å². The summed E-state index contributed by atoms with van der Waals surface area (Å²) in [5, 5.41) is 13.8. The number of fused-ring (bicyclic) bond motifs is 1. The third-order valence-corrected chi connectivity index (χ3v) is 2.67. The van der Waals surface area contributed by atoms with E-state index in [2.05, 4.69) is 11.2 Å². The number of carbonyl (C=O) groups is 1. The maximum Gasteiger partial charge on any atom is 0.303 e. The van der Waals surface area contributed by atoms with E-state index >= 15 is 0 Å². The molecule has 0 radical (unpaired) electrons. The first-order valence-corrected chi connectivity index (χ1v) is 5.29. The zero-order valence-electron chi connectivity index (χ0n) is 9.18. The van der Waals surface area contributed by atoms with Crippen molar-refractivity contribution < 1.29 is 9.90 Å². The fourth-order valence-corrected chi connectivity index (χ4v) is 1.81. The number of aryl methyl sites for hydroxylation is 2. The molecule has 4 nitrogen and oxygen atoms in total. The van der Waals surface area contributed by atoms with Gasteiger partial charge in [0.05, 0.1) is 11.7 Å². The molecule has 16 heavy (non-hydrogen) atoms. The van der Waals surface area contributed by atoms with Crippen LogP contribution in [0.2, 0.25) is 0 Å². The highest BCUT2D eigenvalue weighted by Gasteiger charge is 2.02. The molecule has 0 aliphatic heterocycles. The van der Waals surface area contributed by atoms with Gasteiger partial charge in [-0.3, -0.25) is 9.48 Å². The summed E-state index contributed by atoms with van der Waals surface area (Å²) in [6, 6.07) is 6.13. The van der Waals surface area contributed by atoms with Crippen molar-refractivity contribution in [2.24, 2.45) is 7.05 Å². The molecular formula is C12H14N2O2. The molecule has 0 fully saturated rings. The van der Waals surface area contributed by atoms with Gasteiger partial charge in [-0.2, -0.15) is 5.10 Å². The van der Waals surface area contributed by atoms with E-state index in [9.17, 15) is 4.79 Å². The summed E-state index contributed by atoms with van der Waals surface area (Å²) in [5.74, 6) is -0.734. The molecule has 0 atom stereocenters. The van der Waals surface area contributed by atoms with Gasteiger partial charge in [-0.1, -0.05) is 6.07 Å². The second kappa shape index (κ2) is 4.35. The van der Waals surface area contributed by atoms with Crippen molar-refractivity contribution >= 4 is 16.9 Å². The van der Waals surface area contributed by atoms with Crippen molar-refractivity contribution in [3.63, 3.8) is 0 Å². The maximum atomic E-state index is 10.4. The van der Waals surface area contributed by atoms with E-state index in [1.807, 2.05) is 30.1 Å². The standard InChI is InChI=1S/C12H14N2O2/c1-14-11-6-5-9(3-2-4-12(15)16)7-10(11)8-13-14/h5-8H,2-4H2,1H3,(H,15,16). The number of benzene rings is 1. The normalized spacial score (nSPS) is 10.8. The lowest BCUT2D eigenvalue weighted by molar-refractivity contribution is -0.137. The molecule has 1 heterocycles. The molecule has 4 heteroatoms. The molecule has 0 unspecified atom stereocenters. The lowest BCUT2D eigenvalue weighted by atomic mass is 10.1. The molecule has 0 bridgehead atoms. The Labute approximate surface area is 93.5 Å². The summed E-state index contributed by atoms with van der Waals surface area (Å²) in [4.78, 5) is 10.4. The number of hydrogen-bond acceptors (Lipinski definition) is 2. The first-order valence-electron chi connectivity index (χ1n) is 5.29. The molecule has 1 N–H and O–H groups in total. The van der Waals surface area contributed by atoms with Gasteiger partial charge >= 0.3 is 5.97 Å². The second-order valence-electron chi connectivity index (χ2n) is 3.91. The van der Waals surface area contributed by atoms with Gasteiger partial charge in [0.2, 0.25) is 0 Å². The van der Waals surface area contributed by atoms with Crippen molar-refractivity contribution in [2.45, 2.75) is 19.3 Å². The van der Waals surface area contributed by atoms with Crippen LogP contribution in [-0.4, -0.2) is 20.9 Å². The van der Waals surface area contributed by atoms with E-state index in [0.29, 0.717) is 6.42 Å². The summed E-state index contributed by atoms with van der Waals surface area (Å²) in [6.45, 7) is 0. The lowest BCUT2D eigenvalue weighted by Crippen LogP contribution is -1.96. The van der Waals surface area contributed by atoms with Gasteiger partial charge in [0, 0.05) is 18.9 Å². The summed E-state index contributed by atoms with van der Waals surface area (Å²) in [7, 11) is 1.91. The average Bonchev–Trinajstić information content (AvgIpc) is 2.60. The number of hydrogen-bond donors (Lipinski definition) is 1. The molecule has 84 valence electrons. The van der Waals surface area contributed by atoms with Crippen molar-refractivity contribution in [3.05, 3.63) is 30.0 Å². The molecule has 0 saturated heterocycles. The topological polar surface area (TPSA) is 55.1 Å². The molecule has 2 aromatic rings. The fourth-order valence-electron chi connectivity index (χ4n) is 1.81. The van der Waals surface area contributed by atoms with Crippen LogP contribution >= 0.6 is 0 Å². The van der Waals surface area contributed by atoms with Crippen LogP contribution in [0, 0.1) is 0 Å². The molecule has 1 aromatic carbocycles. The zero-order chi connectivity index (χ0) is 11.5. The Balaban J connectivity index is 2.11. The molecule has 0 saturated carbocycles. The second-order valence-corrected chi connectivity index (χ2v) is 3.91. The molecule has 1 aromatic heterocycles. The van der Waals surface area contributed by atoms with Crippen LogP contribution in [0.1, 0.15) is 18.4 Å². The summed E-state index contributed by atoms with van der Waals surface area (Å²) >= 11 is 0. The molecule has 0 spiro atoms. The average molecular weight is 218 g/mol. The first-order chi connectivity index (χ1) is 7.66. The lowest BCUT2D eigenvalue weighted by Gasteiger charge is -2.00. The predicted octanol–water partition coefficient (Wildman–Crippen LogP) is 1.98. The highest BCUT2D eigenvalue weighted by Crippen LogP contribution is 2.16. The number of aliphatic carboxylic acids is 1. The predicted molar refractivity (Wildman–Crippen MR) is 61.3 cm³/mol. The van der Waals surface area contributed by atoms with Crippen LogP contribution in [0.15, 0.2) is 24.4 Å². The molecular weight excluding hydrogens is 204 g/mol. The van der Waals surface area contributed by atoms with Gasteiger partial charge in [-0.05, 0) is 30.5 Å². The highest BCUT2D eigenvalue weighted by atomic mass is 16.4. The Morgan fingerprint density at radius 3 is 3.06 bits per heavy atom. The molecule has 0 aliphatic carbocycles. The van der Waals surface area contributed by atoms with Crippen molar-refractivity contribution in [2.75, 3.05) is 0 Å². The molecule has 0 aliphatic rings. The third-order valence-electron chi connectivity index (χ3n) is 2.67. The SMILES string of the molecule is Cn1ncc2cc(CCCC(=O)O)ccc21. The molecule has 2 rings (SSSR count). The highest BCUT2D eigenvalue weighted by molar-refractivity contribution is 5.79. The minimum Gasteiger partial charge on any atom is -0.481 e. The van der Waals surface area contributed by atoms with E-state index in [0.717, 1.165) is 17.3 Å². The van der Waals surface area contributed by atoms with Gasteiger partial charge in [0.15, 0.2) is 0 Å². The van der Waals surface area contributed by atoms with E-state index in [1.54, 1.807) is 0 Å². The van der Waals surface area contributed by atoms with Crippen molar-refractivity contribution in [3.8, 4) is 0 Å². The van der Waals surface area contributed by atoms with Gasteiger partial charge in [0.25, 0.3) is 0 Å².